The summed E-state index contributed by atoms with van der Waals surface area (Å²) in [5.74, 6) is -0.625. The summed E-state index contributed by atoms with van der Waals surface area (Å²) >= 11 is 0. The summed E-state index contributed by atoms with van der Waals surface area (Å²) in [6.45, 7) is 6.15. The Bertz CT molecular complexity index is 1150. The molecule has 1 atom stereocenters. The number of aryl methyl sites for hydroxylation is 1. The van der Waals surface area contributed by atoms with Gasteiger partial charge in [-0.2, -0.15) is 4.72 Å². The molecule has 0 radical (unpaired) electrons. The van der Waals surface area contributed by atoms with E-state index in [0.29, 0.717) is 42.4 Å². The molecule has 0 fully saturated rings. The SMILES string of the molecule is COC(=O)c1ccc(C)c(NC(=O)C(NS(=O)(=O)c2ccc3c(c2)OCCCO3)C(C)C)c1. The van der Waals surface area contributed by atoms with Crippen LogP contribution >= 0.6 is 0 Å². The van der Waals surface area contributed by atoms with Gasteiger partial charge in [-0.15, -0.1) is 0 Å². The van der Waals surface area contributed by atoms with Gasteiger partial charge in [-0.25, -0.2) is 13.2 Å². The third kappa shape index (κ3) is 5.82. The van der Waals surface area contributed by atoms with Crippen LogP contribution in [0.5, 0.6) is 11.5 Å². The standard InChI is InChI=1S/C23H28N2O7S/c1-14(2)21(22(26)24-18-12-16(23(27)30-4)7-6-15(18)3)25-33(28,29)17-8-9-19-20(13-17)32-11-5-10-31-19/h6-9,12-14,21,25H,5,10-11H2,1-4H3,(H,24,26). The fraction of sp³-hybridized carbons (Fsp3) is 0.391. The van der Waals surface area contributed by atoms with E-state index in [0.717, 1.165) is 0 Å². The Labute approximate surface area is 193 Å². The lowest BCUT2D eigenvalue weighted by Crippen LogP contribution is -2.47. The molecule has 0 aromatic heterocycles. The van der Waals surface area contributed by atoms with Gasteiger partial charge in [-0.05, 0) is 42.7 Å². The van der Waals surface area contributed by atoms with E-state index in [1.807, 2.05) is 0 Å². The van der Waals surface area contributed by atoms with Crippen molar-refractivity contribution in [3.05, 3.63) is 47.5 Å². The second-order valence-corrected chi connectivity index (χ2v) is 9.73. The normalized spacial score (nSPS) is 14.3. The fourth-order valence-electron chi connectivity index (χ4n) is 3.25. The van der Waals surface area contributed by atoms with E-state index in [1.165, 1.54) is 25.3 Å². The molecule has 2 N–H and O–H groups in total. The number of carbonyl (C=O) groups is 2. The number of amides is 1. The van der Waals surface area contributed by atoms with Crippen LogP contribution in [0.1, 0.15) is 36.2 Å². The van der Waals surface area contributed by atoms with Crippen molar-refractivity contribution in [1.29, 1.82) is 0 Å². The van der Waals surface area contributed by atoms with Gasteiger partial charge >= 0.3 is 5.97 Å². The van der Waals surface area contributed by atoms with Crippen LogP contribution < -0.4 is 19.5 Å². The third-order valence-electron chi connectivity index (χ3n) is 5.18. The summed E-state index contributed by atoms with van der Waals surface area (Å²) in [4.78, 5) is 24.8. The van der Waals surface area contributed by atoms with E-state index in [9.17, 15) is 18.0 Å². The Morgan fingerprint density at radius 3 is 2.39 bits per heavy atom. The molecule has 1 aliphatic heterocycles. The van der Waals surface area contributed by atoms with E-state index >= 15 is 0 Å². The minimum atomic E-state index is -4.04. The first kappa shape index (κ1) is 24.5. The minimum absolute atomic E-state index is 0.0333. The number of rotatable bonds is 7. The van der Waals surface area contributed by atoms with Crippen LogP contribution in [0.15, 0.2) is 41.3 Å². The Morgan fingerprint density at radius 1 is 1.03 bits per heavy atom. The van der Waals surface area contributed by atoms with E-state index in [2.05, 4.69) is 10.0 Å². The number of sulfonamides is 1. The Balaban J connectivity index is 1.82. The van der Waals surface area contributed by atoms with Gasteiger partial charge in [0.15, 0.2) is 11.5 Å². The zero-order valence-electron chi connectivity index (χ0n) is 19.0. The predicted octanol–water partition coefficient (Wildman–Crippen LogP) is 2.88. The van der Waals surface area contributed by atoms with Crippen LogP contribution in [0.2, 0.25) is 0 Å². The van der Waals surface area contributed by atoms with Crippen molar-refractivity contribution >= 4 is 27.6 Å². The summed E-state index contributed by atoms with van der Waals surface area (Å²) in [5, 5.41) is 2.72. The van der Waals surface area contributed by atoms with Crippen LogP contribution in [-0.2, 0) is 19.6 Å². The molecule has 178 valence electrons. The monoisotopic (exact) mass is 476 g/mol. The zero-order valence-corrected chi connectivity index (χ0v) is 19.8. The molecule has 0 saturated carbocycles. The quantitative estimate of drug-likeness (QED) is 0.590. The molecule has 2 aromatic rings. The molecule has 9 nitrogen and oxygen atoms in total. The smallest absolute Gasteiger partial charge is 0.337 e. The van der Waals surface area contributed by atoms with E-state index in [-0.39, 0.29) is 16.4 Å². The van der Waals surface area contributed by atoms with Gasteiger partial charge in [0.05, 0.1) is 30.8 Å². The fourth-order valence-corrected chi connectivity index (χ4v) is 4.61. The Morgan fingerprint density at radius 2 is 1.73 bits per heavy atom. The third-order valence-corrected chi connectivity index (χ3v) is 6.62. The number of carbonyl (C=O) groups excluding carboxylic acids is 2. The molecule has 0 aliphatic carbocycles. The van der Waals surface area contributed by atoms with E-state index in [1.54, 1.807) is 39.0 Å². The average molecular weight is 477 g/mol. The van der Waals surface area contributed by atoms with Crippen LogP contribution in [-0.4, -0.2) is 46.7 Å². The van der Waals surface area contributed by atoms with Crippen molar-refractivity contribution in [3.63, 3.8) is 0 Å². The lowest BCUT2D eigenvalue weighted by molar-refractivity contribution is -0.118. The molecule has 1 aliphatic rings. The number of nitrogens with one attached hydrogen (secondary N) is 2. The summed E-state index contributed by atoms with van der Waals surface area (Å²) < 4.78 is 44.5. The molecule has 10 heteroatoms. The Kier molecular flexibility index (Phi) is 7.60. The maximum atomic E-state index is 13.1. The highest BCUT2D eigenvalue weighted by Gasteiger charge is 2.29. The second kappa shape index (κ2) is 10.2. The molecule has 1 amide bonds. The number of anilines is 1. The molecule has 0 saturated heterocycles. The number of ether oxygens (including phenoxy) is 3. The van der Waals surface area contributed by atoms with Crippen molar-refractivity contribution in [3.8, 4) is 11.5 Å². The summed E-state index contributed by atoms with van der Waals surface area (Å²) in [7, 11) is -2.78. The summed E-state index contributed by atoms with van der Waals surface area (Å²) in [6, 6.07) is 8.04. The molecule has 2 aromatic carbocycles. The van der Waals surface area contributed by atoms with Crippen molar-refractivity contribution in [1.82, 2.24) is 4.72 Å². The van der Waals surface area contributed by atoms with Gasteiger partial charge in [0, 0.05) is 18.2 Å². The van der Waals surface area contributed by atoms with E-state index in [4.69, 9.17) is 14.2 Å². The Hall–Kier alpha value is -3.11. The van der Waals surface area contributed by atoms with Gasteiger partial charge in [0.2, 0.25) is 15.9 Å². The van der Waals surface area contributed by atoms with Crippen LogP contribution in [0, 0.1) is 12.8 Å². The van der Waals surface area contributed by atoms with Crippen molar-refractivity contribution in [2.24, 2.45) is 5.92 Å². The number of hydrogen-bond donors (Lipinski definition) is 2. The lowest BCUT2D eigenvalue weighted by atomic mass is 10.0. The van der Waals surface area contributed by atoms with Gasteiger partial charge in [-0.1, -0.05) is 19.9 Å². The van der Waals surface area contributed by atoms with Crippen LogP contribution in [0.3, 0.4) is 0 Å². The minimum Gasteiger partial charge on any atom is -0.490 e. The van der Waals surface area contributed by atoms with E-state index < -0.39 is 27.9 Å². The maximum Gasteiger partial charge on any atom is 0.337 e. The molecule has 0 spiro atoms. The van der Waals surface area contributed by atoms with Crippen molar-refractivity contribution in [2.45, 2.75) is 38.1 Å². The van der Waals surface area contributed by atoms with Crippen molar-refractivity contribution in [2.75, 3.05) is 25.6 Å². The van der Waals surface area contributed by atoms with Crippen LogP contribution in [0.25, 0.3) is 0 Å². The lowest BCUT2D eigenvalue weighted by Gasteiger charge is -2.22. The second-order valence-electron chi connectivity index (χ2n) is 8.01. The molecular weight excluding hydrogens is 448 g/mol. The first-order valence-electron chi connectivity index (χ1n) is 10.5. The predicted molar refractivity (Wildman–Crippen MR) is 122 cm³/mol. The van der Waals surface area contributed by atoms with Crippen molar-refractivity contribution < 1.29 is 32.2 Å². The topological polar surface area (TPSA) is 120 Å². The zero-order chi connectivity index (χ0) is 24.2. The van der Waals surface area contributed by atoms with Gasteiger partial charge in [-0.3, -0.25) is 4.79 Å². The van der Waals surface area contributed by atoms with Gasteiger partial charge in [0.1, 0.15) is 6.04 Å². The molecule has 0 bridgehead atoms. The average Bonchev–Trinajstić information content (AvgIpc) is 3.03. The summed E-state index contributed by atoms with van der Waals surface area (Å²) in [6.07, 6.45) is 0.696. The molecule has 1 heterocycles. The highest BCUT2D eigenvalue weighted by atomic mass is 32.2. The summed E-state index contributed by atoms with van der Waals surface area (Å²) in [5.41, 5.74) is 1.37. The van der Waals surface area contributed by atoms with Crippen LogP contribution in [0.4, 0.5) is 5.69 Å². The number of hydrogen-bond acceptors (Lipinski definition) is 7. The highest BCUT2D eigenvalue weighted by molar-refractivity contribution is 7.89. The number of esters is 1. The first-order valence-corrected chi connectivity index (χ1v) is 12.0. The maximum absolute atomic E-state index is 13.1. The van der Waals surface area contributed by atoms with Gasteiger partial charge < -0.3 is 19.5 Å². The number of methoxy groups -OCH3 is 1. The highest BCUT2D eigenvalue weighted by Crippen LogP contribution is 2.32. The first-order chi connectivity index (χ1) is 15.6. The molecule has 1 unspecified atom stereocenters. The van der Waals surface area contributed by atoms with Gasteiger partial charge in [0.25, 0.3) is 0 Å². The number of fused-ring (bicyclic) bond motifs is 1. The molecule has 3 rings (SSSR count). The molecular formula is C23H28N2O7S. The number of benzene rings is 2. The largest absolute Gasteiger partial charge is 0.490 e. The molecule has 33 heavy (non-hydrogen) atoms.